The number of nitrogens with zero attached hydrogens (tertiary/aromatic N) is 3. The number of amides is 2. The topological polar surface area (TPSA) is 115 Å². The normalized spacial score (nSPS) is 15.3. The highest BCUT2D eigenvalue weighted by Gasteiger charge is 2.29. The standard InChI is InChI=1S/C22H26N4O4S/c1-4-24-14-15(2)6-9-20(28)25-21-18(13-23)17-8-7-16(12-19(17)31-21)30-22(29)26(3)10-5-11-27/h4,6,9,14,16,27H,1-2,5,7-8,10-12H2,3H3,(H,25,28)/b9-6+,24-14?. The van der Waals surface area contributed by atoms with Gasteiger partial charge in [0.2, 0.25) is 5.91 Å². The zero-order valence-corrected chi connectivity index (χ0v) is 18.3. The third-order valence-corrected chi connectivity index (χ3v) is 5.76. The number of hydrogen-bond donors (Lipinski definition) is 2. The molecule has 1 aromatic rings. The fourth-order valence-corrected chi connectivity index (χ4v) is 4.29. The molecule has 1 aliphatic carbocycles. The van der Waals surface area contributed by atoms with Crippen molar-refractivity contribution >= 4 is 34.6 Å². The van der Waals surface area contributed by atoms with Crippen molar-refractivity contribution in [2.45, 2.75) is 31.8 Å². The van der Waals surface area contributed by atoms with Crippen molar-refractivity contribution < 1.29 is 19.4 Å². The van der Waals surface area contributed by atoms with Crippen molar-refractivity contribution in [3.8, 4) is 6.07 Å². The first-order chi connectivity index (χ1) is 14.9. The van der Waals surface area contributed by atoms with Crippen LogP contribution in [-0.2, 0) is 22.4 Å². The highest BCUT2D eigenvalue weighted by molar-refractivity contribution is 7.16. The average molecular weight is 443 g/mol. The van der Waals surface area contributed by atoms with Crippen LogP contribution in [0.4, 0.5) is 9.80 Å². The van der Waals surface area contributed by atoms with Crippen LogP contribution in [0, 0.1) is 11.3 Å². The van der Waals surface area contributed by atoms with E-state index < -0.39 is 6.09 Å². The lowest BCUT2D eigenvalue weighted by Crippen LogP contribution is -2.34. The Balaban J connectivity index is 2.04. The van der Waals surface area contributed by atoms with Gasteiger partial charge in [-0.25, -0.2) is 4.79 Å². The zero-order valence-electron chi connectivity index (χ0n) is 17.5. The maximum Gasteiger partial charge on any atom is 0.409 e. The van der Waals surface area contributed by atoms with Crippen molar-refractivity contribution in [3.63, 3.8) is 0 Å². The highest BCUT2D eigenvalue weighted by Crippen LogP contribution is 2.38. The van der Waals surface area contributed by atoms with Crippen LogP contribution < -0.4 is 5.32 Å². The summed E-state index contributed by atoms with van der Waals surface area (Å²) in [5.41, 5.74) is 1.89. The molecule has 2 rings (SSSR count). The first-order valence-electron chi connectivity index (χ1n) is 9.78. The number of aliphatic imine (C=N–C) groups is 1. The quantitative estimate of drug-likeness (QED) is 0.346. The fraction of sp³-hybridized carbons (Fsp3) is 0.364. The molecule has 2 N–H and O–H groups in total. The van der Waals surface area contributed by atoms with Gasteiger partial charge in [-0.3, -0.25) is 9.79 Å². The number of allylic oxidation sites excluding steroid dienone is 2. The lowest BCUT2D eigenvalue weighted by atomic mass is 9.94. The number of ether oxygens (including phenoxy) is 1. The smallest absolute Gasteiger partial charge is 0.409 e. The number of anilines is 1. The first kappa shape index (κ1) is 24.1. The third-order valence-electron chi connectivity index (χ3n) is 4.59. The molecule has 2 amide bonds. The summed E-state index contributed by atoms with van der Waals surface area (Å²) in [4.78, 5) is 30.6. The first-order valence-corrected chi connectivity index (χ1v) is 10.6. The Labute approximate surface area is 185 Å². The van der Waals surface area contributed by atoms with Crippen LogP contribution in [0.25, 0.3) is 0 Å². The maximum atomic E-state index is 12.2. The van der Waals surface area contributed by atoms with E-state index in [0.29, 0.717) is 48.4 Å². The van der Waals surface area contributed by atoms with Crippen LogP contribution in [0.1, 0.15) is 28.8 Å². The summed E-state index contributed by atoms with van der Waals surface area (Å²) in [6, 6.07) is 2.18. The second-order valence-electron chi connectivity index (χ2n) is 6.93. The summed E-state index contributed by atoms with van der Waals surface area (Å²) in [6.07, 6.45) is 7.14. The molecule has 0 radical (unpaired) electrons. The van der Waals surface area contributed by atoms with Crippen LogP contribution in [0.15, 0.2) is 42.1 Å². The second-order valence-corrected chi connectivity index (χ2v) is 8.03. The Bertz CT molecular complexity index is 942. The van der Waals surface area contributed by atoms with Crippen molar-refractivity contribution in [2.75, 3.05) is 25.5 Å². The molecule has 164 valence electrons. The summed E-state index contributed by atoms with van der Waals surface area (Å²) in [6.45, 7) is 7.64. The van der Waals surface area contributed by atoms with E-state index in [2.05, 4.69) is 29.5 Å². The molecule has 0 bridgehead atoms. The Morgan fingerprint density at radius 3 is 2.94 bits per heavy atom. The molecule has 8 nitrogen and oxygen atoms in total. The van der Waals surface area contributed by atoms with Crippen molar-refractivity contribution in [3.05, 3.63) is 53.1 Å². The van der Waals surface area contributed by atoms with Crippen LogP contribution in [0.3, 0.4) is 0 Å². The molecule has 1 unspecified atom stereocenters. The summed E-state index contributed by atoms with van der Waals surface area (Å²) < 4.78 is 5.57. The van der Waals surface area contributed by atoms with Crippen molar-refractivity contribution in [1.82, 2.24) is 4.90 Å². The van der Waals surface area contributed by atoms with Gasteiger partial charge in [0.25, 0.3) is 0 Å². The Hall–Kier alpha value is -3.22. The molecule has 0 aliphatic heterocycles. The van der Waals surface area contributed by atoms with Crippen LogP contribution >= 0.6 is 11.3 Å². The van der Waals surface area contributed by atoms with Gasteiger partial charge in [0.1, 0.15) is 17.2 Å². The van der Waals surface area contributed by atoms with E-state index in [-0.39, 0.29) is 18.6 Å². The van der Waals surface area contributed by atoms with Crippen molar-refractivity contribution in [1.29, 1.82) is 5.26 Å². The fourth-order valence-electron chi connectivity index (χ4n) is 3.02. The predicted molar refractivity (Wildman–Crippen MR) is 121 cm³/mol. The van der Waals surface area contributed by atoms with E-state index in [0.717, 1.165) is 10.4 Å². The molecular formula is C22H26N4O4S. The highest BCUT2D eigenvalue weighted by atomic mass is 32.1. The zero-order chi connectivity index (χ0) is 22.8. The van der Waals surface area contributed by atoms with Gasteiger partial charge in [0.05, 0.1) is 5.56 Å². The number of aliphatic hydroxyl groups is 1. The number of nitrogens with one attached hydrogen (secondary N) is 1. The largest absolute Gasteiger partial charge is 0.446 e. The molecule has 1 aromatic heterocycles. The molecule has 0 spiro atoms. The van der Waals surface area contributed by atoms with E-state index in [1.54, 1.807) is 7.05 Å². The third kappa shape index (κ3) is 6.91. The Morgan fingerprint density at radius 1 is 1.48 bits per heavy atom. The number of carbonyl (C=O) groups is 2. The summed E-state index contributed by atoms with van der Waals surface area (Å²) in [7, 11) is 1.63. The van der Waals surface area contributed by atoms with Gasteiger partial charge in [-0.1, -0.05) is 13.2 Å². The lowest BCUT2D eigenvalue weighted by molar-refractivity contribution is -0.111. The van der Waals surface area contributed by atoms with Gasteiger partial charge < -0.3 is 20.1 Å². The molecule has 1 heterocycles. The van der Waals surface area contributed by atoms with E-state index in [1.807, 2.05) is 0 Å². The summed E-state index contributed by atoms with van der Waals surface area (Å²) in [5, 5.41) is 21.7. The monoisotopic (exact) mass is 442 g/mol. The van der Waals surface area contributed by atoms with Gasteiger partial charge in [0.15, 0.2) is 0 Å². The van der Waals surface area contributed by atoms with E-state index in [9.17, 15) is 14.9 Å². The number of nitriles is 1. The number of fused-ring (bicyclic) bond motifs is 1. The summed E-state index contributed by atoms with van der Waals surface area (Å²) in [5.74, 6) is -0.378. The van der Waals surface area contributed by atoms with Gasteiger partial charge in [-0.05, 0) is 36.5 Å². The van der Waals surface area contributed by atoms with Gasteiger partial charge in [0, 0.05) is 50.0 Å². The van der Waals surface area contributed by atoms with E-state index in [1.165, 1.54) is 40.8 Å². The maximum absolute atomic E-state index is 12.2. The number of aliphatic hydroxyl groups excluding tert-OH is 1. The molecular weight excluding hydrogens is 416 g/mol. The average Bonchev–Trinajstić information content (AvgIpc) is 3.10. The minimum absolute atomic E-state index is 0.0107. The molecule has 0 saturated heterocycles. The van der Waals surface area contributed by atoms with Crippen molar-refractivity contribution in [2.24, 2.45) is 4.99 Å². The van der Waals surface area contributed by atoms with E-state index >= 15 is 0 Å². The minimum atomic E-state index is -0.433. The van der Waals surface area contributed by atoms with Crippen LogP contribution in [-0.4, -0.2) is 54.5 Å². The second kappa shape index (κ2) is 11.8. The number of hydrogen-bond acceptors (Lipinski definition) is 7. The molecule has 0 saturated carbocycles. The molecule has 0 aromatic carbocycles. The van der Waals surface area contributed by atoms with Gasteiger partial charge in [-0.2, -0.15) is 5.26 Å². The molecule has 9 heteroatoms. The number of thiophene rings is 1. The minimum Gasteiger partial charge on any atom is -0.446 e. The molecule has 1 atom stereocenters. The lowest BCUT2D eigenvalue weighted by Gasteiger charge is -2.25. The number of carbonyl (C=O) groups excluding carboxylic acids is 2. The summed E-state index contributed by atoms with van der Waals surface area (Å²) >= 11 is 1.33. The molecule has 31 heavy (non-hydrogen) atoms. The Kier molecular flexibility index (Phi) is 9.18. The van der Waals surface area contributed by atoms with Crippen LogP contribution in [0.5, 0.6) is 0 Å². The predicted octanol–water partition coefficient (Wildman–Crippen LogP) is 3.19. The molecule has 1 aliphatic rings. The van der Waals surface area contributed by atoms with Gasteiger partial charge >= 0.3 is 6.09 Å². The molecule has 0 fully saturated rings. The van der Waals surface area contributed by atoms with Gasteiger partial charge in [-0.15, -0.1) is 11.3 Å². The number of rotatable bonds is 9. The Morgan fingerprint density at radius 2 is 2.26 bits per heavy atom. The van der Waals surface area contributed by atoms with E-state index in [4.69, 9.17) is 9.84 Å². The SMILES string of the molecule is C=CN=CC(=C)/C=C/C(=O)Nc1sc2c(c1C#N)CCC(OC(=O)N(C)CCCO)C2. The van der Waals surface area contributed by atoms with Crippen LogP contribution in [0.2, 0.25) is 0 Å².